The zero-order chi connectivity index (χ0) is 14.3. The molecule has 19 heavy (non-hydrogen) atoms. The first-order valence-corrected chi connectivity index (χ1v) is 8.52. The zero-order valence-corrected chi connectivity index (χ0v) is 13.9. The molecule has 1 aromatic heterocycles. The van der Waals surface area contributed by atoms with Crippen molar-refractivity contribution in [1.82, 2.24) is 4.98 Å². The van der Waals surface area contributed by atoms with Crippen molar-refractivity contribution in [3.05, 3.63) is 16.1 Å². The van der Waals surface area contributed by atoms with E-state index < -0.39 is 0 Å². The van der Waals surface area contributed by atoms with Crippen LogP contribution in [0.25, 0.3) is 0 Å². The van der Waals surface area contributed by atoms with Crippen molar-refractivity contribution in [3.63, 3.8) is 0 Å². The van der Waals surface area contributed by atoms with Crippen molar-refractivity contribution in [2.24, 2.45) is 5.73 Å². The molecule has 2 nitrogen and oxygen atoms in total. The lowest BCUT2D eigenvalue weighted by Crippen LogP contribution is -2.22. The molecule has 0 aliphatic rings. The quantitative estimate of drug-likeness (QED) is 0.704. The van der Waals surface area contributed by atoms with E-state index in [1.807, 2.05) is 0 Å². The number of unbranched alkanes of at least 4 members (excludes halogenated alkanes) is 4. The van der Waals surface area contributed by atoms with Gasteiger partial charge in [0.1, 0.15) is 0 Å². The summed E-state index contributed by atoms with van der Waals surface area (Å²) in [5.74, 6) is 0. The molecule has 0 amide bonds. The summed E-state index contributed by atoms with van der Waals surface area (Å²) in [4.78, 5) is 4.72. The van der Waals surface area contributed by atoms with Crippen LogP contribution in [0.4, 0.5) is 0 Å². The van der Waals surface area contributed by atoms with E-state index in [1.165, 1.54) is 42.8 Å². The second-order valence-electron chi connectivity index (χ2n) is 6.54. The van der Waals surface area contributed by atoms with Gasteiger partial charge in [-0.25, -0.2) is 4.98 Å². The van der Waals surface area contributed by atoms with E-state index in [4.69, 9.17) is 10.7 Å². The van der Waals surface area contributed by atoms with Gasteiger partial charge in [0.25, 0.3) is 0 Å². The molecule has 1 aromatic rings. The molecule has 0 radical (unpaired) electrons. The Kier molecular flexibility index (Phi) is 7.01. The highest BCUT2D eigenvalue weighted by molar-refractivity contribution is 7.09. The van der Waals surface area contributed by atoms with Gasteiger partial charge in [0.2, 0.25) is 0 Å². The van der Waals surface area contributed by atoms with Crippen LogP contribution in [0.2, 0.25) is 0 Å². The minimum Gasteiger partial charge on any atom is -0.327 e. The summed E-state index contributed by atoms with van der Waals surface area (Å²) in [5.41, 5.74) is 7.55. The Bertz CT molecular complexity index is 352. The predicted octanol–water partition coefficient (Wildman–Crippen LogP) is 4.67. The molecular formula is C16H30N2S. The topological polar surface area (TPSA) is 38.9 Å². The van der Waals surface area contributed by atoms with E-state index in [0.717, 1.165) is 12.8 Å². The monoisotopic (exact) mass is 282 g/mol. The van der Waals surface area contributed by atoms with E-state index in [9.17, 15) is 0 Å². The molecule has 1 atom stereocenters. The number of nitrogens with zero attached hydrogens (tertiary/aromatic N) is 1. The highest BCUT2D eigenvalue weighted by Crippen LogP contribution is 2.24. The molecule has 0 bridgehead atoms. The third-order valence-electron chi connectivity index (χ3n) is 3.44. The molecule has 2 N–H and O–H groups in total. The fourth-order valence-electron chi connectivity index (χ4n) is 2.09. The van der Waals surface area contributed by atoms with Crippen LogP contribution < -0.4 is 5.73 Å². The Morgan fingerprint density at radius 3 is 2.47 bits per heavy atom. The van der Waals surface area contributed by atoms with Crippen molar-refractivity contribution in [2.75, 3.05) is 0 Å². The van der Waals surface area contributed by atoms with Gasteiger partial charge in [-0.3, -0.25) is 0 Å². The standard InChI is InChI=1S/C16H30N2S/c1-5-6-7-8-9-10-13(17)11-15-18-14(12-19-15)16(2,3)4/h12-13H,5-11,17H2,1-4H3. The summed E-state index contributed by atoms with van der Waals surface area (Å²) in [6.45, 7) is 8.87. The lowest BCUT2D eigenvalue weighted by atomic mass is 9.93. The summed E-state index contributed by atoms with van der Waals surface area (Å²) in [6, 6.07) is 0.278. The van der Waals surface area contributed by atoms with Crippen molar-refractivity contribution >= 4 is 11.3 Å². The summed E-state index contributed by atoms with van der Waals surface area (Å²) in [7, 11) is 0. The molecule has 1 unspecified atom stereocenters. The van der Waals surface area contributed by atoms with Gasteiger partial charge in [0.15, 0.2) is 0 Å². The van der Waals surface area contributed by atoms with Crippen LogP contribution in [0, 0.1) is 0 Å². The van der Waals surface area contributed by atoms with Crippen LogP contribution in [0.15, 0.2) is 5.38 Å². The highest BCUT2D eigenvalue weighted by Gasteiger charge is 2.18. The van der Waals surface area contributed by atoms with E-state index in [1.54, 1.807) is 11.3 Å². The molecule has 3 heteroatoms. The molecule has 0 saturated heterocycles. The largest absolute Gasteiger partial charge is 0.327 e. The third-order valence-corrected chi connectivity index (χ3v) is 4.31. The Balaban J connectivity index is 2.28. The first-order chi connectivity index (χ1) is 8.93. The van der Waals surface area contributed by atoms with Gasteiger partial charge in [-0.15, -0.1) is 11.3 Å². The maximum absolute atomic E-state index is 6.21. The molecule has 0 aliphatic heterocycles. The summed E-state index contributed by atoms with van der Waals surface area (Å²) < 4.78 is 0. The summed E-state index contributed by atoms with van der Waals surface area (Å²) in [6.07, 6.45) is 8.68. The van der Waals surface area contributed by atoms with Gasteiger partial charge in [-0.05, 0) is 6.42 Å². The van der Waals surface area contributed by atoms with Gasteiger partial charge >= 0.3 is 0 Å². The number of nitrogens with two attached hydrogens (primary N) is 1. The number of hydrogen-bond donors (Lipinski definition) is 1. The molecule has 0 aliphatic carbocycles. The molecule has 110 valence electrons. The summed E-state index contributed by atoms with van der Waals surface area (Å²) >= 11 is 1.76. The second-order valence-corrected chi connectivity index (χ2v) is 7.49. The van der Waals surface area contributed by atoms with Crippen LogP contribution >= 0.6 is 11.3 Å². The zero-order valence-electron chi connectivity index (χ0n) is 13.0. The Morgan fingerprint density at radius 2 is 1.89 bits per heavy atom. The van der Waals surface area contributed by atoms with E-state index in [0.29, 0.717) is 0 Å². The first kappa shape index (κ1) is 16.6. The third kappa shape index (κ3) is 6.53. The number of aromatic nitrogens is 1. The van der Waals surface area contributed by atoms with E-state index >= 15 is 0 Å². The number of thiazole rings is 1. The van der Waals surface area contributed by atoms with Crippen molar-refractivity contribution in [2.45, 2.75) is 84.1 Å². The summed E-state index contributed by atoms with van der Waals surface area (Å²) in [5, 5.41) is 3.38. The van der Waals surface area contributed by atoms with Crippen LogP contribution in [0.5, 0.6) is 0 Å². The fraction of sp³-hybridized carbons (Fsp3) is 0.812. The average molecular weight is 282 g/mol. The molecular weight excluding hydrogens is 252 g/mol. The molecule has 1 heterocycles. The molecule has 0 saturated carbocycles. The van der Waals surface area contributed by atoms with Crippen LogP contribution in [-0.4, -0.2) is 11.0 Å². The van der Waals surface area contributed by atoms with Gasteiger partial charge in [-0.1, -0.05) is 59.8 Å². The van der Waals surface area contributed by atoms with Gasteiger partial charge in [0, 0.05) is 23.3 Å². The average Bonchev–Trinajstić information content (AvgIpc) is 2.77. The van der Waals surface area contributed by atoms with Crippen LogP contribution in [0.3, 0.4) is 0 Å². The highest BCUT2D eigenvalue weighted by atomic mass is 32.1. The van der Waals surface area contributed by atoms with Crippen LogP contribution in [-0.2, 0) is 11.8 Å². The van der Waals surface area contributed by atoms with Crippen molar-refractivity contribution < 1.29 is 0 Å². The van der Waals surface area contributed by atoms with E-state index in [-0.39, 0.29) is 11.5 Å². The Morgan fingerprint density at radius 1 is 1.21 bits per heavy atom. The molecule has 1 rings (SSSR count). The van der Waals surface area contributed by atoms with Crippen molar-refractivity contribution in [1.29, 1.82) is 0 Å². The molecule has 0 fully saturated rings. The first-order valence-electron chi connectivity index (χ1n) is 7.64. The van der Waals surface area contributed by atoms with Crippen LogP contribution in [0.1, 0.15) is 76.9 Å². The SMILES string of the molecule is CCCCCCCC(N)Cc1nc(C(C)(C)C)cs1. The second kappa shape index (κ2) is 8.01. The maximum Gasteiger partial charge on any atom is 0.0943 e. The van der Waals surface area contributed by atoms with E-state index in [2.05, 4.69) is 33.1 Å². The number of rotatable bonds is 8. The minimum atomic E-state index is 0.152. The van der Waals surface area contributed by atoms with Crippen molar-refractivity contribution in [3.8, 4) is 0 Å². The smallest absolute Gasteiger partial charge is 0.0943 e. The lowest BCUT2D eigenvalue weighted by Gasteiger charge is -2.14. The lowest BCUT2D eigenvalue weighted by molar-refractivity contribution is 0.533. The Labute approximate surface area is 122 Å². The predicted molar refractivity (Wildman–Crippen MR) is 85.9 cm³/mol. The van der Waals surface area contributed by atoms with Gasteiger partial charge in [0.05, 0.1) is 10.7 Å². The minimum absolute atomic E-state index is 0.152. The Hall–Kier alpha value is -0.410. The molecule has 0 spiro atoms. The molecule has 0 aromatic carbocycles. The number of hydrogen-bond acceptors (Lipinski definition) is 3. The fourth-order valence-corrected chi connectivity index (χ4v) is 3.20. The normalized spacial score (nSPS) is 13.7. The van der Waals surface area contributed by atoms with Gasteiger partial charge in [-0.2, -0.15) is 0 Å². The van der Waals surface area contributed by atoms with Gasteiger partial charge < -0.3 is 5.73 Å². The maximum atomic E-state index is 6.21.